The number of hydrogen-bond acceptors (Lipinski definition) is 4. The molecule has 1 saturated carbocycles. The molecule has 0 aliphatic heterocycles. The van der Waals surface area contributed by atoms with Gasteiger partial charge in [-0.15, -0.1) is 0 Å². The molecule has 2 atom stereocenters. The molecular formula is C28H34N2O5. The number of aliphatic carboxylic acids is 1. The Balaban J connectivity index is 1.28. The van der Waals surface area contributed by atoms with Crippen LogP contribution in [-0.2, 0) is 14.3 Å². The lowest BCUT2D eigenvalue weighted by Gasteiger charge is -2.22. The Bertz CT molecular complexity index is 1030. The first-order valence-corrected chi connectivity index (χ1v) is 12.4. The van der Waals surface area contributed by atoms with Crippen molar-refractivity contribution in [1.29, 1.82) is 0 Å². The first kappa shape index (κ1) is 24.8. The second-order valence-electron chi connectivity index (χ2n) is 10.1. The molecule has 0 saturated heterocycles. The summed E-state index contributed by atoms with van der Waals surface area (Å²) in [5.41, 5.74) is 4.64. The average molecular weight is 479 g/mol. The van der Waals surface area contributed by atoms with Gasteiger partial charge in [0, 0.05) is 18.9 Å². The van der Waals surface area contributed by atoms with Crippen molar-refractivity contribution in [2.24, 2.45) is 17.8 Å². The average Bonchev–Trinajstić information content (AvgIpc) is 3.60. The summed E-state index contributed by atoms with van der Waals surface area (Å²) >= 11 is 0. The number of carboxylic acids is 1. The quantitative estimate of drug-likeness (QED) is 0.439. The molecule has 0 spiro atoms. The van der Waals surface area contributed by atoms with Crippen LogP contribution in [-0.4, -0.2) is 42.3 Å². The van der Waals surface area contributed by atoms with E-state index in [0.29, 0.717) is 12.3 Å². The molecule has 0 bridgehead atoms. The van der Waals surface area contributed by atoms with Crippen LogP contribution >= 0.6 is 0 Å². The molecule has 2 amide bonds. The van der Waals surface area contributed by atoms with Gasteiger partial charge in [0.15, 0.2) is 0 Å². The lowest BCUT2D eigenvalue weighted by atomic mass is 9.92. The topological polar surface area (TPSA) is 105 Å². The van der Waals surface area contributed by atoms with Gasteiger partial charge >= 0.3 is 12.1 Å². The maximum Gasteiger partial charge on any atom is 0.407 e. The first-order valence-electron chi connectivity index (χ1n) is 12.4. The maximum atomic E-state index is 12.5. The largest absolute Gasteiger partial charge is 0.480 e. The second-order valence-corrected chi connectivity index (χ2v) is 10.1. The molecule has 3 N–H and O–H groups in total. The maximum absolute atomic E-state index is 12.5. The number of alkyl carbamates (subject to hydrolysis) is 1. The number of carbonyl (C=O) groups excluding carboxylic acids is 2. The highest BCUT2D eigenvalue weighted by molar-refractivity contribution is 5.83. The summed E-state index contributed by atoms with van der Waals surface area (Å²) in [7, 11) is 0. The van der Waals surface area contributed by atoms with Crippen LogP contribution in [0.15, 0.2) is 48.5 Å². The molecule has 4 rings (SSSR count). The van der Waals surface area contributed by atoms with Crippen LogP contribution in [0.4, 0.5) is 4.79 Å². The number of amides is 2. The zero-order valence-corrected chi connectivity index (χ0v) is 20.3. The van der Waals surface area contributed by atoms with Crippen molar-refractivity contribution in [2.75, 3.05) is 13.2 Å². The van der Waals surface area contributed by atoms with Gasteiger partial charge in [0.25, 0.3) is 0 Å². The molecule has 0 aromatic heterocycles. The van der Waals surface area contributed by atoms with Gasteiger partial charge in [0.2, 0.25) is 5.91 Å². The van der Waals surface area contributed by atoms with E-state index in [4.69, 9.17) is 4.74 Å². The zero-order valence-electron chi connectivity index (χ0n) is 20.3. The van der Waals surface area contributed by atoms with E-state index in [1.807, 2.05) is 38.1 Å². The summed E-state index contributed by atoms with van der Waals surface area (Å²) in [5.74, 6) is -0.923. The summed E-state index contributed by atoms with van der Waals surface area (Å²) in [5, 5.41) is 14.9. The smallest absolute Gasteiger partial charge is 0.407 e. The Morgan fingerprint density at radius 1 is 1.00 bits per heavy atom. The van der Waals surface area contributed by atoms with Crippen LogP contribution in [0.1, 0.15) is 56.6 Å². The van der Waals surface area contributed by atoms with Crippen LogP contribution in [0, 0.1) is 17.8 Å². The number of nitrogens with one attached hydrogen (secondary N) is 2. The molecule has 2 aromatic carbocycles. The van der Waals surface area contributed by atoms with Crippen molar-refractivity contribution in [3.8, 4) is 11.1 Å². The third kappa shape index (κ3) is 6.21. The molecule has 7 heteroatoms. The van der Waals surface area contributed by atoms with Gasteiger partial charge in [-0.05, 0) is 46.4 Å². The second kappa shape index (κ2) is 10.9. The first-order chi connectivity index (χ1) is 16.8. The standard InChI is InChI=1S/C28H34N2O5/c1-17(2)19(14-26(31)30-25(27(32)33)13-18-11-12-18)15-29-28(34)35-16-24-22-9-5-3-7-20(22)21-8-4-6-10-23(21)24/h3-10,17-19,24-25H,11-16H2,1-2H3,(H,29,34)(H,30,31)(H,32,33)/t19?,25-/m0/s1. The van der Waals surface area contributed by atoms with Crippen molar-refractivity contribution < 1.29 is 24.2 Å². The zero-order chi connectivity index (χ0) is 24.9. The Hall–Kier alpha value is -3.35. The number of carboxylic acid groups (broad SMARTS) is 1. The lowest BCUT2D eigenvalue weighted by Crippen LogP contribution is -2.43. The van der Waals surface area contributed by atoms with E-state index in [2.05, 4.69) is 34.9 Å². The van der Waals surface area contributed by atoms with Crippen LogP contribution in [0.25, 0.3) is 11.1 Å². The number of benzene rings is 2. The molecule has 35 heavy (non-hydrogen) atoms. The van der Waals surface area contributed by atoms with E-state index in [0.717, 1.165) is 24.0 Å². The van der Waals surface area contributed by atoms with Crippen LogP contribution in [0.5, 0.6) is 0 Å². The third-order valence-electron chi connectivity index (χ3n) is 7.14. The molecule has 2 aliphatic rings. The summed E-state index contributed by atoms with van der Waals surface area (Å²) in [6, 6.07) is 15.5. The van der Waals surface area contributed by atoms with Crippen LogP contribution < -0.4 is 10.6 Å². The number of hydrogen-bond donors (Lipinski definition) is 3. The third-order valence-corrected chi connectivity index (χ3v) is 7.14. The molecule has 1 fully saturated rings. The monoisotopic (exact) mass is 478 g/mol. The Labute approximate surface area is 206 Å². The van der Waals surface area contributed by atoms with Gasteiger partial charge in [-0.3, -0.25) is 4.79 Å². The van der Waals surface area contributed by atoms with E-state index in [1.165, 1.54) is 11.1 Å². The SMILES string of the molecule is CC(C)C(CNC(=O)OCC1c2ccccc2-c2ccccc21)CC(=O)N[C@@H](CC1CC1)C(=O)O. The van der Waals surface area contributed by atoms with E-state index in [1.54, 1.807) is 0 Å². The van der Waals surface area contributed by atoms with Crippen molar-refractivity contribution in [3.63, 3.8) is 0 Å². The fraction of sp³-hybridized carbons (Fsp3) is 0.464. The highest BCUT2D eigenvalue weighted by atomic mass is 16.5. The van der Waals surface area contributed by atoms with E-state index in [9.17, 15) is 19.5 Å². The number of ether oxygens (including phenoxy) is 1. The minimum Gasteiger partial charge on any atom is -0.480 e. The molecular weight excluding hydrogens is 444 g/mol. The summed E-state index contributed by atoms with van der Waals surface area (Å²) in [6.45, 7) is 4.47. The molecule has 0 heterocycles. The van der Waals surface area contributed by atoms with Gasteiger partial charge in [0.1, 0.15) is 12.6 Å². The van der Waals surface area contributed by atoms with E-state index < -0.39 is 18.1 Å². The van der Waals surface area contributed by atoms with Crippen molar-refractivity contribution in [1.82, 2.24) is 10.6 Å². The van der Waals surface area contributed by atoms with Gasteiger partial charge in [-0.1, -0.05) is 75.2 Å². The molecule has 186 valence electrons. The minimum absolute atomic E-state index is 0.0146. The number of carbonyl (C=O) groups is 3. The highest BCUT2D eigenvalue weighted by Gasteiger charge is 2.31. The number of rotatable bonds is 11. The lowest BCUT2D eigenvalue weighted by molar-refractivity contribution is -0.142. The molecule has 2 aromatic rings. The normalized spacial score (nSPS) is 16.2. The molecule has 0 radical (unpaired) electrons. The Morgan fingerprint density at radius 2 is 1.60 bits per heavy atom. The van der Waals surface area contributed by atoms with E-state index >= 15 is 0 Å². The predicted molar refractivity (Wildman–Crippen MR) is 133 cm³/mol. The highest BCUT2D eigenvalue weighted by Crippen LogP contribution is 2.44. The van der Waals surface area contributed by atoms with Gasteiger partial charge in [-0.25, -0.2) is 9.59 Å². The molecule has 1 unspecified atom stereocenters. The molecule has 7 nitrogen and oxygen atoms in total. The predicted octanol–water partition coefficient (Wildman–Crippen LogP) is 4.56. The fourth-order valence-corrected chi connectivity index (χ4v) is 4.81. The van der Waals surface area contributed by atoms with Crippen molar-refractivity contribution >= 4 is 18.0 Å². The van der Waals surface area contributed by atoms with Gasteiger partial charge in [-0.2, -0.15) is 0 Å². The summed E-state index contributed by atoms with van der Waals surface area (Å²) in [6.07, 6.45) is 2.16. The molecule has 2 aliphatic carbocycles. The Kier molecular flexibility index (Phi) is 7.73. The minimum atomic E-state index is -0.997. The van der Waals surface area contributed by atoms with Gasteiger partial charge in [0.05, 0.1) is 0 Å². The summed E-state index contributed by atoms with van der Waals surface area (Å²) < 4.78 is 5.59. The van der Waals surface area contributed by atoms with Crippen LogP contribution in [0.2, 0.25) is 0 Å². The van der Waals surface area contributed by atoms with E-state index in [-0.39, 0.29) is 43.2 Å². The Morgan fingerprint density at radius 3 is 2.14 bits per heavy atom. The van der Waals surface area contributed by atoms with Crippen molar-refractivity contribution in [3.05, 3.63) is 59.7 Å². The summed E-state index contributed by atoms with van der Waals surface area (Å²) in [4.78, 5) is 36.5. The van der Waals surface area contributed by atoms with Gasteiger partial charge < -0.3 is 20.5 Å². The van der Waals surface area contributed by atoms with Crippen LogP contribution in [0.3, 0.4) is 0 Å². The number of fused-ring (bicyclic) bond motifs is 3. The fourth-order valence-electron chi connectivity index (χ4n) is 4.81. The van der Waals surface area contributed by atoms with Crippen molar-refractivity contribution in [2.45, 2.75) is 51.5 Å².